The maximum Gasteiger partial charge on any atom is 0.271 e. The topological polar surface area (TPSA) is 27.7 Å². The van der Waals surface area contributed by atoms with Crippen LogP contribution in [0.1, 0.15) is 27.7 Å². The van der Waals surface area contributed by atoms with Crippen molar-refractivity contribution in [3.63, 3.8) is 0 Å². The zero-order chi connectivity index (χ0) is 12.6. The van der Waals surface area contributed by atoms with Crippen molar-refractivity contribution in [3.05, 3.63) is 46.1 Å². The molecular formula is C14H18O3. The number of rotatable bonds is 2. The van der Waals surface area contributed by atoms with Crippen molar-refractivity contribution >= 4 is 0 Å². The van der Waals surface area contributed by atoms with Gasteiger partial charge in [-0.2, -0.15) is 0 Å². The van der Waals surface area contributed by atoms with Crippen molar-refractivity contribution < 1.29 is 14.2 Å². The van der Waals surface area contributed by atoms with Crippen LogP contribution in [-0.2, 0) is 14.2 Å². The molecule has 0 bridgehead atoms. The van der Waals surface area contributed by atoms with Gasteiger partial charge in [0.05, 0.1) is 18.4 Å². The third-order valence-electron chi connectivity index (χ3n) is 3.08. The highest BCUT2D eigenvalue weighted by atomic mass is 16.7. The Labute approximate surface area is 102 Å². The molecule has 3 nitrogen and oxygen atoms in total. The van der Waals surface area contributed by atoms with E-state index in [0.29, 0.717) is 0 Å². The Morgan fingerprint density at radius 2 is 2.06 bits per heavy atom. The van der Waals surface area contributed by atoms with E-state index >= 15 is 0 Å². The Morgan fingerprint density at radius 3 is 2.65 bits per heavy atom. The number of hydrogen-bond donors (Lipinski definition) is 0. The summed E-state index contributed by atoms with van der Waals surface area (Å²) in [7, 11) is 1.66. The molecule has 3 heteroatoms. The van der Waals surface area contributed by atoms with Gasteiger partial charge < -0.3 is 14.2 Å². The van der Waals surface area contributed by atoms with Crippen molar-refractivity contribution in [2.24, 2.45) is 0 Å². The fourth-order valence-electron chi connectivity index (χ4n) is 2.12. The predicted octanol–water partition coefficient (Wildman–Crippen LogP) is 3.42. The highest BCUT2D eigenvalue weighted by molar-refractivity contribution is 5.53. The normalized spacial score (nSPS) is 24.2. The van der Waals surface area contributed by atoms with Crippen LogP contribution in [-0.4, -0.2) is 13.4 Å². The van der Waals surface area contributed by atoms with Crippen LogP contribution in [0.3, 0.4) is 0 Å². The highest BCUT2D eigenvalue weighted by Gasteiger charge is 2.36. The molecule has 0 aliphatic carbocycles. The zero-order valence-corrected chi connectivity index (χ0v) is 11.0. The molecule has 2 rings (SSSR count). The lowest BCUT2D eigenvalue weighted by atomic mass is 9.97. The van der Waals surface area contributed by atoms with Crippen LogP contribution in [0.15, 0.2) is 46.1 Å². The standard InChI is InChI=1S/C14H18O3/c1-6-8(2)11-7-9(3)16-14-12(11)13(15-5)10(4)17-14/h6-7,14H,1-5H3. The van der Waals surface area contributed by atoms with Gasteiger partial charge in [0.1, 0.15) is 5.76 Å². The quantitative estimate of drug-likeness (QED) is 0.732. The van der Waals surface area contributed by atoms with E-state index in [9.17, 15) is 0 Å². The summed E-state index contributed by atoms with van der Waals surface area (Å²) in [4.78, 5) is 0. The second-order valence-corrected chi connectivity index (χ2v) is 4.21. The van der Waals surface area contributed by atoms with Crippen LogP contribution in [0, 0.1) is 0 Å². The second kappa shape index (κ2) is 4.32. The van der Waals surface area contributed by atoms with Gasteiger partial charge in [-0.3, -0.25) is 0 Å². The Morgan fingerprint density at radius 1 is 1.35 bits per heavy atom. The molecule has 0 spiro atoms. The van der Waals surface area contributed by atoms with E-state index in [0.717, 1.165) is 28.4 Å². The van der Waals surface area contributed by atoms with Crippen molar-refractivity contribution in [2.75, 3.05) is 7.11 Å². The average molecular weight is 234 g/mol. The molecule has 2 aliphatic rings. The summed E-state index contributed by atoms with van der Waals surface area (Å²) in [5, 5.41) is 0. The molecular weight excluding hydrogens is 216 g/mol. The Balaban J connectivity index is 2.59. The van der Waals surface area contributed by atoms with E-state index in [-0.39, 0.29) is 6.29 Å². The number of hydrogen-bond acceptors (Lipinski definition) is 3. The molecule has 0 saturated carbocycles. The summed E-state index contributed by atoms with van der Waals surface area (Å²) in [5.41, 5.74) is 3.32. The van der Waals surface area contributed by atoms with Gasteiger partial charge in [-0.05, 0) is 44.9 Å². The van der Waals surface area contributed by atoms with Gasteiger partial charge in [0.15, 0.2) is 5.76 Å². The molecule has 0 fully saturated rings. The SMILES string of the molecule is CC=C(C)C1=C2C(OC)=C(C)OC2OC(C)=C1. The van der Waals surface area contributed by atoms with Crippen LogP contribution in [0.25, 0.3) is 0 Å². The summed E-state index contributed by atoms with van der Waals surface area (Å²) < 4.78 is 16.8. The lowest BCUT2D eigenvalue weighted by molar-refractivity contribution is -0.0467. The predicted molar refractivity (Wildman–Crippen MR) is 65.9 cm³/mol. The highest BCUT2D eigenvalue weighted by Crippen LogP contribution is 2.40. The van der Waals surface area contributed by atoms with Crippen LogP contribution in [0.4, 0.5) is 0 Å². The van der Waals surface area contributed by atoms with Gasteiger partial charge in [0.2, 0.25) is 0 Å². The van der Waals surface area contributed by atoms with Gasteiger partial charge in [-0.25, -0.2) is 0 Å². The third kappa shape index (κ3) is 1.86. The molecule has 0 aromatic rings. The fraction of sp³-hybridized carbons (Fsp3) is 0.429. The number of ether oxygens (including phenoxy) is 3. The van der Waals surface area contributed by atoms with Crippen molar-refractivity contribution in [1.29, 1.82) is 0 Å². The Hall–Kier alpha value is -1.64. The van der Waals surface area contributed by atoms with E-state index < -0.39 is 0 Å². The van der Waals surface area contributed by atoms with Gasteiger partial charge in [-0.15, -0.1) is 0 Å². The first-order chi connectivity index (χ1) is 8.08. The van der Waals surface area contributed by atoms with Gasteiger partial charge >= 0.3 is 0 Å². The molecule has 0 saturated heterocycles. The van der Waals surface area contributed by atoms with Crippen LogP contribution < -0.4 is 0 Å². The van der Waals surface area contributed by atoms with Crippen molar-refractivity contribution in [2.45, 2.75) is 34.0 Å². The molecule has 0 aromatic carbocycles. The Bertz CT molecular complexity index is 464. The number of methoxy groups -OCH3 is 1. The maximum atomic E-state index is 5.67. The molecule has 1 unspecified atom stereocenters. The molecule has 0 amide bonds. The smallest absolute Gasteiger partial charge is 0.271 e. The molecule has 92 valence electrons. The van der Waals surface area contributed by atoms with Gasteiger partial charge in [0.25, 0.3) is 6.29 Å². The van der Waals surface area contributed by atoms with Gasteiger partial charge in [-0.1, -0.05) is 6.08 Å². The van der Waals surface area contributed by atoms with Crippen LogP contribution >= 0.6 is 0 Å². The van der Waals surface area contributed by atoms with E-state index in [4.69, 9.17) is 14.2 Å². The average Bonchev–Trinajstić information content (AvgIpc) is 2.62. The minimum Gasteiger partial charge on any atom is -0.493 e. The monoisotopic (exact) mass is 234 g/mol. The summed E-state index contributed by atoms with van der Waals surface area (Å²) in [6.07, 6.45) is 3.75. The largest absolute Gasteiger partial charge is 0.493 e. The summed E-state index contributed by atoms with van der Waals surface area (Å²) in [6.45, 7) is 7.93. The molecule has 2 heterocycles. The molecule has 2 aliphatic heterocycles. The van der Waals surface area contributed by atoms with Crippen molar-refractivity contribution in [3.8, 4) is 0 Å². The minimum absolute atomic E-state index is 0.361. The summed E-state index contributed by atoms with van der Waals surface area (Å²) >= 11 is 0. The first-order valence-electron chi connectivity index (χ1n) is 5.72. The summed E-state index contributed by atoms with van der Waals surface area (Å²) in [5.74, 6) is 2.42. The second-order valence-electron chi connectivity index (χ2n) is 4.21. The molecule has 17 heavy (non-hydrogen) atoms. The number of allylic oxidation sites excluding steroid dienone is 6. The Kier molecular flexibility index (Phi) is 3.01. The molecule has 0 N–H and O–H groups in total. The van der Waals surface area contributed by atoms with E-state index in [1.807, 2.05) is 26.8 Å². The van der Waals surface area contributed by atoms with Crippen molar-refractivity contribution in [1.82, 2.24) is 0 Å². The lowest BCUT2D eigenvalue weighted by Gasteiger charge is -2.23. The van der Waals surface area contributed by atoms with E-state index in [1.54, 1.807) is 7.11 Å². The lowest BCUT2D eigenvalue weighted by Crippen LogP contribution is -2.19. The molecule has 1 atom stereocenters. The number of fused-ring (bicyclic) bond motifs is 1. The molecule has 0 radical (unpaired) electrons. The summed E-state index contributed by atoms with van der Waals surface area (Å²) in [6, 6.07) is 0. The van der Waals surface area contributed by atoms with Gasteiger partial charge in [0, 0.05) is 0 Å². The van der Waals surface area contributed by atoms with Crippen LogP contribution in [0.2, 0.25) is 0 Å². The van der Waals surface area contributed by atoms with Crippen LogP contribution in [0.5, 0.6) is 0 Å². The maximum absolute atomic E-state index is 5.67. The third-order valence-corrected chi connectivity index (χ3v) is 3.08. The van der Waals surface area contributed by atoms with E-state index in [2.05, 4.69) is 13.0 Å². The molecule has 0 aromatic heterocycles. The zero-order valence-electron chi connectivity index (χ0n) is 11.0. The van der Waals surface area contributed by atoms with E-state index in [1.165, 1.54) is 5.57 Å². The minimum atomic E-state index is -0.361. The first kappa shape index (κ1) is 11.8. The first-order valence-corrected chi connectivity index (χ1v) is 5.72. The fourth-order valence-corrected chi connectivity index (χ4v) is 2.12.